The second-order valence-electron chi connectivity index (χ2n) is 4.19. The van der Waals surface area contributed by atoms with Crippen molar-refractivity contribution in [2.75, 3.05) is 0 Å². The summed E-state index contributed by atoms with van der Waals surface area (Å²) < 4.78 is 26.5. The highest BCUT2D eigenvalue weighted by Crippen LogP contribution is 2.51. The summed E-state index contributed by atoms with van der Waals surface area (Å²) in [6, 6.07) is 2.05. The molecule has 1 nitrogen and oxygen atoms in total. The van der Waals surface area contributed by atoms with E-state index in [1.807, 2.05) is 6.92 Å². The molecular weight excluding hydrogens is 220 g/mol. The summed E-state index contributed by atoms with van der Waals surface area (Å²) in [5.74, 6) is -1.27. The van der Waals surface area contributed by atoms with Gasteiger partial charge in [0, 0.05) is 17.5 Å². The standard InChI is InChI=1S/C11H12ClF2N/c1-6(15)11(2-3-11)7-4-8(12)10(14)5-9(7)13/h4-6H,2-3,15H2,1H3. The molecule has 1 fully saturated rings. The van der Waals surface area contributed by atoms with Crippen LogP contribution >= 0.6 is 11.6 Å². The summed E-state index contributed by atoms with van der Waals surface area (Å²) in [6.07, 6.45) is 1.67. The molecule has 1 aliphatic rings. The lowest BCUT2D eigenvalue weighted by molar-refractivity contribution is 0.503. The van der Waals surface area contributed by atoms with Gasteiger partial charge in [0.1, 0.15) is 11.6 Å². The third kappa shape index (κ3) is 1.64. The zero-order valence-corrected chi connectivity index (χ0v) is 9.11. The maximum absolute atomic E-state index is 13.6. The first-order chi connectivity index (χ1) is 6.97. The van der Waals surface area contributed by atoms with E-state index in [9.17, 15) is 8.78 Å². The minimum absolute atomic E-state index is 0.0432. The molecule has 1 unspecified atom stereocenters. The molecule has 0 aromatic heterocycles. The number of hydrogen-bond acceptors (Lipinski definition) is 1. The Morgan fingerprint density at radius 1 is 1.33 bits per heavy atom. The fourth-order valence-electron chi connectivity index (χ4n) is 2.01. The van der Waals surface area contributed by atoms with Gasteiger partial charge in [-0.2, -0.15) is 0 Å². The zero-order valence-electron chi connectivity index (χ0n) is 8.36. The average molecular weight is 232 g/mol. The Morgan fingerprint density at radius 3 is 2.40 bits per heavy atom. The smallest absolute Gasteiger partial charge is 0.144 e. The summed E-state index contributed by atoms with van der Waals surface area (Å²) >= 11 is 5.64. The van der Waals surface area contributed by atoms with Crippen LogP contribution in [0.3, 0.4) is 0 Å². The van der Waals surface area contributed by atoms with Gasteiger partial charge < -0.3 is 5.73 Å². The van der Waals surface area contributed by atoms with Crippen molar-refractivity contribution in [3.8, 4) is 0 Å². The topological polar surface area (TPSA) is 26.0 Å². The average Bonchev–Trinajstić information content (AvgIpc) is 2.92. The zero-order chi connectivity index (χ0) is 11.2. The van der Waals surface area contributed by atoms with E-state index in [0.29, 0.717) is 5.56 Å². The molecule has 1 atom stereocenters. The highest BCUT2D eigenvalue weighted by atomic mass is 35.5. The number of nitrogens with two attached hydrogens (primary N) is 1. The van der Waals surface area contributed by atoms with Crippen LogP contribution in [0, 0.1) is 11.6 Å². The van der Waals surface area contributed by atoms with Crippen molar-refractivity contribution in [3.63, 3.8) is 0 Å². The van der Waals surface area contributed by atoms with E-state index in [1.165, 1.54) is 6.07 Å². The van der Waals surface area contributed by atoms with Crippen molar-refractivity contribution in [2.24, 2.45) is 5.73 Å². The van der Waals surface area contributed by atoms with Crippen molar-refractivity contribution < 1.29 is 8.78 Å². The van der Waals surface area contributed by atoms with Gasteiger partial charge in [0.15, 0.2) is 0 Å². The minimum atomic E-state index is -0.724. The van der Waals surface area contributed by atoms with Gasteiger partial charge in [-0.05, 0) is 31.4 Å². The summed E-state index contributed by atoms with van der Waals surface area (Å²) in [4.78, 5) is 0. The van der Waals surface area contributed by atoms with Crippen molar-refractivity contribution in [1.29, 1.82) is 0 Å². The van der Waals surface area contributed by atoms with Gasteiger partial charge in [0.25, 0.3) is 0 Å². The van der Waals surface area contributed by atoms with Crippen molar-refractivity contribution >= 4 is 11.6 Å². The lowest BCUT2D eigenvalue weighted by atomic mass is 9.89. The first kappa shape index (κ1) is 10.8. The Morgan fingerprint density at radius 2 is 1.93 bits per heavy atom. The van der Waals surface area contributed by atoms with Gasteiger partial charge in [-0.3, -0.25) is 0 Å². The third-order valence-electron chi connectivity index (χ3n) is 3.21. The molecule has 0 aliphatic heterocycles. The van der Waals surface area contributed by atoms with E-state index in [1.54, 1.807) is 0 Å². The molecule has 15 heavy (non-hydrogen) atoms. The molecule has 0 spiro atoms. The van der Waals surface area contributed by atoms with E-state index in [2.05, 4.69) is 0 Å². The first-order valence-electron chi connectivity index (χ1n) is 4.88. The second-order valence-corrected chi connectivity index (χ2v) is 4.60. The molecule has 4 heteroatoms. The van der Waals surface area contributed by atoms with E-state index >= 15 is 0 Å². The number of rotatable bonds is 2. The molecule has 1 saturated carbocycles. The molecule has 1 aliphatic carbocycles. The van der Waals surface area contributed by atoms with E-state index in [-0.39, 0.29) is 16.5 Å². The van der Waals surface area contributed by atoms with Gasteiger partial charge in [-0.25, -0.2) is 8.78 Å². The molecule has 0 saturated heterocycles. The number of hydrogen-bond donors (Lipinski definition) is 1. The van der Waals surface area contributed by atoms with Crippen molar-refractivity contribution in [3.05, 3.63) is 34.4 Å². The summed E-state index contributed by atoms with van der Waals surface area (Å²) in [6.45, 7) is 1.84. The van der Waals surface area contributed by atoms with Crippen molar-refractivity contribution in [2.45, 2.75) is 31.2 Å². The molecule has 2 rings (SSSR count). The summed E-state index contributed by atoms with van der Waals surface area (Å²) in [7, 11) is 0. The van der Waals surface area contributed by atoms with Gasteiger partial charge in [0.2, 0.25) is 0 Å². The predicted molar refractivity (Wildman–Crippen MR) is 55.9 cm³/mol. The summed E-state index contributed by atoms with van der Waals surface area (Å²) in [5, 5.41) is -0.0432. The third-order valence-corrected chi connectivity index (χ3v) is 3.50. The summed E-state index contributed by atoms with van der Waals surface area (Å²) in [5.41, 5.74) is 5.93. The lowest BCUT2D eigenvalue weighted by Crippen LogP contribution is -2.32. The highest BCUT2D eigenvalue weighted by Gasteiger charge is 2.49. The molecule has 0 radical (unpaired) electrons. The van der Waals surface area contributed by atoms with Crippen LogP contribution in [0.25, 0.3) is 0 Å². The Bertz CT molecular complexity index is 400. The minimum Gasteiger partial charge on any atom is -0.327 e. The van der Waals surface area contributed by atoms with Crippen molar-refractivity contribution in [1.82, 2.24) is 0 Å². The van der Waals surface area contributed by atoms with E-state index < -0.39 is 11.6 Å². The van der Waals surface area contributed by atoms with Crippen LogP contribution in [0.4, 0.5) is 8.78 Å². The van der Waals surface area contributed by atoms with Gasteiger partial charge >= 0.3 is 0 Å². The maximum atomic E-state index is 13.6. The molecule has 2 N–H and O–H groups in total. The fourth-order valence-corrected chi connectivity index (χ4v) is 2.17. The molecule has 1 aromatic carbocycles. The quantitative estimate of drug-likeness (QED) is 0.778. The Labute approximate surface area is 92.2 Å². The molecule has 0 bridgehead atoms. The molecule has 0 heterocycles. The lowest BCUT2D eigenvalue weighted by Gasteiger charge is -2.21. The van der Waals surface area contributed by atoms with Gasteiger partial charge in [-0.1, -0.05) is 11.6 Å². The largest absolute Gasteiger partial charge is 0.327 e. The van der Waals surface area contributed by atoms with Crippen LogP contribution in [0.1, 0.15) is 25.3 Å². The molecule has 82 valence electrons. The normalized spacial score (nSPS) is 20.1. The van der Waals surface area contributed by atoms with Crippen LogP contribution in [0.15, 0.2) is 12.1 Å². The Hall–Kier alpha value is -0.670. The monoisotopic (exact) mass is 231 g/mol. The van der Waals surface area contributed by atoms with Crippen LogP contribution < -0.4 is 5.73 Å². The van der Waals surface area contributed by atoms with Crippen LogP contribution in [0.2, 0.25) is 5.02 Å². The van der Waals surface area contributed by atoms with Gasteiger partial charge in [-0.15, -0.1) is 0 Å². The first-order valence-corrected chi connectivity index (χ1v) is 5.26. The van der Waals surface area contributed by atoms with E-state index in [0.717, 1.165) is 18.9 Å². The van der Waals surface area contributed by atoms with Crippen LogP contribution in [-0.2, 0) is 5.41 Å². The second kappa shape index (κ2) is 3.42. The highest BCUT2D eigenvalue weighted by molar-refractivity contribution is 6.30. The maximum Gasteiger partial charge on any atom is 0.144 e. The predicted octanol–water partition coefficient (Wildman–Crippen LogP) is 3.00. The molecular formula is C11H12ClF2N. The molecule has 1 aromatic rings. The molecule has 0 amide bonds. The number of benzene rings is 1. The van der Waals surface area contributed by atoms with E-state index in [4.69, 9.17) is 17.3 Å². The van der Waals surface area contributed by atoms with Crippen LogP contribution in [0.5, 0.6) is 0 Å². The van der Waals surface area contributed by atoms with Gasteiger partial charge in [0.05, 0.1) is 5.02 Å². The number of halogens is 3. The fraction of sp³-hybridized carbons (Fsp3) is 0.455. The SMILES string of the molecule is CC(N)C1(c2cc(Cl)c(F)cc2F)CC1. The Kier molecular flexibility index (Phi) is 2.47. The Balaban J connectivity index is 2.49. The van der Waals surface area contributed by atoms with Crippen LogP contribution in [-0.4, -0.2) is 6.04 Å².